The SMILES string of the molecule is Cc1cc(Nc2nccn3c(-c4ccc(OC(F)F)cc4)cnc23)ccc1C(=O)N1CCN(C(=O)C(C)N)CC1.Cl. The molecule has 41 heavy (non-hydrogen) atoms. The predicted molar refractivity (Wildman–Crippen MR) is 153 cm³/mol. The molecule has 0 radical (unpaired) electrons. The van der Waals surface area contributed by atoms with Gasteiger partial charge in [0.05, 0.1) is 17.9 Å². The molecule has 0 aliphatic carbocycles. The summed E-state index contributed by atoms with van der Waals surface area (Å²) in [5.74, 6) is 0.400. The Morgan fingerprint density at radius 2 is 1.71 bits per heavy atom. The summed E-state index contributed by atoms with van der Waals surface area (Å²) >= 11 is 0. The van der Waals surface area contributed by atoms with E-state index in [1.54, 1.807) is 53.5 Å². The zero-order chi connectivity index (χ0) is 28.4. The van der Waals surface area contributed by atoms with Crippen molar-refractivity contribution < 1.29 is 23.1 Å². The number of aromatic nitrogens is 3. The van der Waals surface area contributed by atoms with Crippen molar-refractivity contribution in [2.75, 3.05) is 31.5 Å². The van der Waals surface area contributed by atoms with Gasteiger partial charge in [-0.05, 0) is 61.9 Å². The second-order valence-corrected chi connectivity index (χ2v) is 9.58. The maximum atomic E-state index is 13.2. The summed E-state index contributed by atoms with van der Waals surface area (Å²) < 4.78 is 31.2. The molecule has 0 saturated carbocycles. The van der Waals surface area contributed by atoms with Crippen molar-refractivity contribution in [2.45, 2.75) is 26.5 Å². The summed E-state index contributed by atoms with van der Waals surface area (Å²) in [6.45, 7) is 2.47. The summed E-state index contributed by atoms with van der Waals surface area (Å²) in [5.41, 5.74) is 9.92. The van der Waals surface area contributed by atoms with E-state index in [1.165, 1.54) is 12.1 Å². The minimum absolute atomic E-state index is 0. The van der Waals surface area contributed by atoms with Crippen LogP contribution in [0.2, 0.25) is 0 Å². The number of anilines is 2. The van der Waals surface area contributed by atoms with Crippen molar-refractivity contribution in [3.05, 3.63) is 72.2 Å². The van der Waals surface area contributed by atoms with Gasteiger partial charge in [-0.3, -0.25) is 14.0 Å². The van der Waals surface area contributed by atoms with Crippen LogP contribution in [0.25, 0.3) is 16.9 Å². The second-order valence-electron chi connectivity index (χ2n) is 9.58. The number of piperazine rings is 1. The van der Waals surface area contributed by atoms with Crippen LogP contribution in [0, 0.1) is 6.92 Å². The van der Waals surface area contributed by atoms with Crippen molar-refractivity contribution in [3.8, 4) is 17.0 Å². The van der Waals surface area contributed by atoms with Gasteiger partial charge in [0.2, 0.25) is 5.91 Å². The molecule has 1 unspecified atom stereocenters. The molecule has 3 heterocycles. The molecule has 0 spiro atoms. The average molecular weight is 586 g/mol. The van der Waals surface area contributed by atoms with E-state index in [1.807, 2.05) is 23.5 Å². The molecular weight excluding hydrogens is 556 g/mol. The number of ether oxygens (including phenoxy) is 1. The number of rotatable bonds is 7. The van der Waals surface area contributed by atoms with Gasteiger partial charge < -0.3 is 25.6 Å². The Hall–Kier alpha value is -4.29. The second kappa shape index (κ2) is 12.5. The van der Waals surface area contributed by atoms with E-state index >= 15 is 0 Å². The smallest absolute Gasteiger partial charge is 0.387 e. The Morgan fingerprint density at radius 1 is 1.02 bits per heavy atom. The number of hydrogen-bond acceptors (Lipinski definition) is 7. The number of alkyl halides is 2. The van der Waals surface area contributed by atoms with Crippen LogP contribution in [0.5, 0.6) is 5.75 Å². The number of carbonyl (C=O) groups excluding carboxylic acids is 2. The highest BCUT2D eigenvalue weighted by Gasteiger charge is 2.27. The molecule has 1 aliphatic rings. The normalized spacial score (nSPS) is 14.1. The van der Waals surface area contributed by atoms with Gasteiger partial charge in [0.1, 0.15) is 5.75 Å². The number of amides is 2. The molecule has 10 nitrogen and oxygen atoms in total. The van der Waals surface area contributed by atoms with Gasteiger partial charge in [-0.1, -0.05) is 0 Å². The highest BCUT2D eigenvalue weighted by molar-refractivity contribution is 5.96. The van der Waals surface area contributed by atoms with E-state index in [0.717, 1.165) is 22.5 Å². The molecule has 216 valence electrons. The van der Waals surface area contributed by atoms with Crippen molar-refractivity contribution in [3.63, 3.8) is 0 Å². The van der Waals surface area contributed by atoms with Gasteiger partial charge in [-0.15, -0.1) is 12.4 Å². The molecule has 0 bridgehead atoms. The van der Waals surface area contributed by atoms with Gasteiger partial charge in [-0.2, -0.15) is 8.78 Å². The number of nitrogens with one attached hydrogen (secondary N) is 1. The van der Waals surface area contributed by atoms with E-state index in [-0.39, 0.29) is 30.0 Å². The van der Waals surface area contributed by atoms with Crippen LogP contribution in [0.1, 0.15) is 22.8 Å². The molecule has 5 rings (SSSR count). The fourth-order valence-corrected chi connectivity index (χ4v) is 4.73. The summed E-state index contributed by atoms with van der Waals surface area (Å²) in [4.78, 5) is 37.7. The first kappa shape index (κ1) is 29.7. The maximum Gasteiger partial charge on any atom is 0.387 e. The van der Waals surface area contributed by atoms with Gasteiger partial charge >= 0.3 is 6.61 Å². The summed E-state index contributed by atoms with van der Waals surface area (Å²) in [5, 5.41) is 3.28. The number of nitrogens with zero attached hydrogens (tertiary/aromatic N) is 5. The van der Waals surface area contributed by atoms with Crippen LogP contribution in [-0.4, -0.2) is 74.8 Å². The minimum Gasteiger partial charge on any atom is -0.435 e. The minimum atomic E-state index is -2.88. The van der Waals surface area contributed by atoms with Crippen LogP contribution >= 0.6 is 12.4 Å². The van der Waals surface area contributed by atoms with Crippen LogP contribution in [0.4, 0.5) is 20.3 Å². The molecule has 1 atom stereocenters. The van der Waals surface area contributed by atoms with Gasteiger partial charge in [0.25, 0.3) is 5.91 Å². The third-order valence-corrected chi connectivity index (χ3v) is 6.79. The molecule has 1 fully saturated rings. The highest BCUT2D eigenvalue weighted by atomic mass is 35.5. The molecule has 2 aromatic heterocycles. The van der Waals surface area contributed by atoms with Crippen molar-refractivity contribution in [1.29, 1.82) is 0 Å². The van der Waals surface area contributed by atoms with E-state index in [4.69, 9.17) is 5.73 Å². The number of fused-ring (bicyclic) bond motifs is 1. The lowest BCUT2D eigenvalue weighted by Gasteiger charge is -2.35. The number of imidazole rings is 1. The van der Waals surface area contributed by atoms with Gasteiger partial charge in [0, 0.05) is 55.4 Å². The quantitative estimate of drug-likeness (QED) is 0.335. The Labute approximate surface area is 241 Å². The third kappa shape index (κ3) is 6.39. The topological polar surface area (TPSA) is 118 Å². The van der Waals surface area contributed by atoms with E-state index in [2.05, 4.69) is 20.0 Å². The van der Waals surface area contributed by atoms with Gasteiger partial charge in [-0.25, -0.2) is 9.97 Å². The lowest BCUT2D eigenvalue weighted by molar-refractivity contribution is -0.133. The zero-order valence-corrected chi connectivity index (χ0v) is 23.3. The monoisotopic (exact) mass is 585 g/mol. The van der Waals surface area contributed by atoms with Crippen molar-refractivity contribution in [1.82, 2.24) is 24.2 Å². The number of carbonyl (C=O) groups is 2. The molecule has 1 aliphatic heterocycles. The maximum absolute atomic E-state index is 13.2. The Bertz CT molecular complexity index is 1540. The average Bonchev–Trinajstić information content (AvgIpc) is 3.38. The van der Waals surface area contributed by atoms with Crippen molar-refractivity contribution in [2.24, 2.45) is 5.73 Å². The molecule has 2 aromatic carbocycles. The standard InChI is InChI=1S/C28H29F2N7O3.ClH/c1-17-15-20(5-8-22(17)27(39)36-13-11-35(12-14-36)26(38)18(2)31)34-24-25-33-16-23(37(25)10-9-32-24)19-3-6-21(7-4-19)40-28(29)30;/h3-10,15-16,18,28H,11-14,31H2,1-2H3,(H,32,34);1H. The van der Waals surface area contributed by atoms with Gasteiger partial charge in [0.15, 0.2) is 11.5 Å². The lowest BCUT2D eigenvalue weighted by atomic mass is 10.1. The number of halogens is 3. The Balaban J connectivity index is 0.00000387. The summed E-state index contributed by atoms with van der Waals surface area (Å²) in [6.07, 6.45) is 5.08. The molecule has 4 aromatic rings. The van der Waals surface area contributed by atoms with E-state index in [9.17, 15) is 18.4 Å². The molecular formula is C28H30ClF2N7O3. The first-order valence-electron chi connectivity index (χ1n) is 12.8. The first-order valence-corrected chi connectivity index (χ1v) is 12.8. The molecule has 2 amide bonds. The van der Waals surface area contributed by atoms with Crippen LogP contribution in [0.3, 0.4) is 0 Å². The van der Waals surface area contributed by atoms with E-state index in [0.29, 0.717) is 43.2 Å². The lowest BCUT2D eigenvalue weighted by Crippen LogP contribution is -2.53. The fourth-order valence-electron chi connectivity index (χ4n) is 4.73. The Morgan fingerprint density at radius 3 is 2.34 bits per heavy atom. The summed E-state index contributed by atoms with van der Waals surface area (Å²) in [6, 6.07) is 11.2. The first-order chi connectivity index (χ1) is 19.2. The zero-order valence-electron chi connectivity index (χ0n) is 22.5. The fraction of sp³-hybridized carbons (Fsp3) is 0.286. The van der Waals surface area contributed by atoms with E-state index < -0.39 is 12.7 Å². The molecule has 13 heteroatoms. The third-order valence-electron chi connectivity index (χ3n) is 6.79. The Kier molecular flexibility index (Phi) is 9.04. The van der Waals surface area contributed by atoms with Crippen molar-refractivity contribution >= 4 is 41.4 Å². The summed E-state index contributed by atoms with van der Waals surface area (Å²) in [7, 11) is 0. The molecule has 3 N–H and O–H groups in total. The van der Waals surface area contributed by atoms with Crippen LogP contribution < -0.4 is 15.8 Å². The van der Waals surface area contributed by atoms with Crippen LogP contribution in [-0.2, 0) is 4.79 Å². The largest absolute Gasteiger partial charge is 0.435 e. The number of nitrogens with two attached hydrogens (primary N) is 1. The predicted octanol–water partition coefficient (Wildman–Crippen LogP) is 4.10. The van der Waals surface area contributed by atoms with Crippen LogP contribution in [0.15, 0.2) is 61.1 Å². The highest BCUT2D eigenvalue weighted by Crippen LogP contribution is 2.28. The number of aryl methyl sites for hydroxylation is 1. The number of benzene rings is 2. The molecule has 1 saturated heterocycles. The number of hydrogen-bond donors (Lipinski definition) is 2.